The monoisotopic (exact) mass is 247 g/mol. The summed E-state index contributed by atoms with van der Waals surface area (Å²) >= 11 is 1.71. The molecule has 3 rings (SSSR count). The summed E-state index contributed by atoms with van der Waals surface area (Å²) in [5.74, 6) is 1.04. The highest BCUT2D eigenvalue weighted by Crippen LogP contribution is 2.34. The van der Waals surface area contributed by atoms with Gasteiger partial charge in [0.2, 0.25) is 0 Å². The van der Waals surface area contributed by atoms with Crippen molar-refractivity contribution in [2.24, 2.45) is 0 Å². The van der Waals surface area contributed by atoms with Crippen molar-refractivity contribution in [2.75, 3.05) is 6.61 Å². The Kier molecular flexibility index (Phi) is 2.74. The third-order valence-electron chi connectivity index (χ3n) is 2.91. The number of hydrogen-bond acceptors (Lipinski definition) is 4. The van der Waals surface area contributed by atoms with Crippen LogP contribution in [0.1, 0.15) is 17.2 Å². The molecule has 0 fully saturated rings. The molecule has 0 amide bonds. The van der Waals surface area contributed by atoms with Crippen LogP contribution in [0.3, 0.4) is 0 Å². The largest absolute Gasteiger partial charge is 0.508 e. The van der Waals surface area contributed by atoms with Crippen LogP contribution in [0.2, 0.25) is 0 Å². The maximum absolute atomic E-state index is 9.36. The van der Waals surface area contributed by atoms with Gasteiger partial charge >= 0.3 is 0 Å². The van der Waals surface area contributed by atoms with Crippen molar-refractivity contribution in [3.05, 3.63) is 46.2 Å². The van der Waals surface area contributed by atoms with Crippen LogP contribution >= 0.6 is 11.3 Å². The van der Waals surface area contributed by atoms with Crippen LogP contribution in [0, 0.1) is 0 Å². The smallest absolute Gasteiger partial charge is 0.127 e. The van der Waals surface area contributed by atoms with Crippen LogP contribution < -0.4 is 10.1 Å². The van der Waals surface area contributed by atoms with Crippen molar-refractivity contribution in [2.45, 2.75) is 12.6 Å². The van der Waals surface area contributed by atoms with E-state index in [2.05, 4.69) is 22.1 Å². The lowest BCUT2D eigenvalue weighted by Crippen LogP contribution is -2.21. The van der Waals surface area contributed by atoms with E-state index < -0.39 is 0 Å². The summed E-state index contributed by atoms with van der Waals surface area (Å²) < 4.78 is 5.54. The van der Waals surface area contributed by atoms with E-state index in [4.69, 9.17) is 4.74 Å². The van der Waals surface area contributed by atoms with Gasteiger partial charge in [-0.05, 0) is 34.5 Å². The average Bonchev–Trinajstić information content (AvgIpc) is 2.94. The van der Waals surface area contributed by atoms with E-state index in [1.54, 1.807) is 23.5 Å². The molecular weight excluding hydrogens is 234 g/mol. The Balaban J connectivity index is 1.71. The lowest BCUT2D eigenvalue weighted by molar-refractivity contribution is 0.309. The minimum atomic E-state index is 0.213. The minimum absolute atomic E-state index is 0.213. The number of aromatic hydroxyl groups is 1. The van der Waals surface area contributed by atoms with Crippen LogP contribution in [0.5, 0.6) is 11.5 Å². The highest BCUT2D eigenvalue weighted by molar-refractivity contribution is 7.07. The molecule has 2 aromatic rings. The Bertz CT molecular complexity index is 510. The number of thiophene rings is 1. The van der Waals surface area contributed by atoms with Gasteiger partial charge in [0.25, 0.3) is 0 Å². The second-order valence-corrected chi connectivity index (χ2v) is 4.88. The Labute approximate surface area is 104 Å². The summed E-state index contributed by atoms with van der Waals surface area (Å²) in [6, 6.07) is 7.62. The van der Waals surface area contributed by atoms with Crippen molar-refractivity contribution in [3.8, 4) is 11.5 Å². The van der Waals surface area contributed by atoms with Crippen molar-refractivity contribution >= 4 is 11.3 Å². The Morgan fingerprint density at radius 3 is 3.18 bits per heavy atom. The summed E-state index contributed by atoms with van der Waals surface area (Å²) in [7, 11) is 0. The molecule has 0 saturated heterocycles. The van der Waals surface area contributed by atoms with Crippen LogP contribution in [0.25, 0.3) is 0 Å². The SMILES string of the molecule is Oc1ccc2c(c1)OCC2NCc1ccsc1. The van der Waals surface area contributed by atoms with E-state index in [0.29, 0.717) is 6.61 Å². The molecule has 4 heteroatoms. The zero-order valence-electron chi connectivity index (χ0n) is 9.22. The zero-order chi connectivity index (χ0) is 11.7. The van der Waals surface area contributed by atoms with Gasteiger partial charge in [0, 0.05) is 18.2 Å². The molecule has 2 N–H and O–H groups in total. The van der Waals surface area contributed by atoms with Gasteiger partial charge in [0.15, 0.2) is 0 Å². The quantitative estimate of drug-likeness (QED) is 0.876. The molecule has 1 atom stereocenters. The summed E-state index contributed by atoms with van der Waals surface area (Å²) in [5, 5.41) is 17.0. The number of benzene rings is 1. The fourth-order valence-electron chi connectivity index (χ4n) is 2.00. The number of hydrogen-bond donors (Lipinski definition) is 2. The van der Waals surface area contributed by atoms with E-state index in [-0.39, 0.29) is 11.8 Å². The molecule has 3 nitrogen and oxygen atoms in total. The van der Waals surface area contributed by atoms with E-state index in [9.17, 15) is 5.11 Å². The number of ether oxygens (including phenoxy) is 1. The summed E-state index contributed by atoms with van der Waals surface area (Å²) in [6.07, 6.45) is 0. The molecule has 2 heterocycles. The lowest BCUT2D eigenvalue weighted by Gasteiger charge is -2.10. The highest BCUT2D eigenvalue weighted by Gasteiger charge is 2.23. The number of fused-ring (bicyclic) bond motifs is 1. The molecule has 17 heavy (non-hydrogen) atoms. The van der Waals surface area contributed by atoms with Crippen LogP contribution in [-0.4, -0.2) is 11.7 Å². The van der Waals surface area contributed by atoms with Crippen LogP contribution in [0.15, 0.2) is 35.0 Å². The molecule has 0 aliphatic carbocycles. The maximum atomic E-state index is 9.36. The van der Waals surface area contributed by atoms with Crippen molar-refractivity contribution in [1.29, 1.82) is 0 Å². The maximum Gasteiger partial charge on any atom is 0.127 e. The van der Waals surface area contributed by atoms with Gasteiger partial charge in [0.1, 0.15) is 18.1 Å². The Morgan fingerprint density at radius 1 is 1.41 bits per heavy atom. The molecule has 88 valence electrons. The topological polar surface area (TPSA) is 41.5 Å². The Morgan fingerprint density at radius 2 is 2.35 bits per heavy atom. The van der Waals surface area contributed by atoms with Gasteiger partial charge < -0.3 is 15.2 Å². The number of rotatable bonds is 3. The fraction of sp³-hybridized carbons (Fsp3) is 0.231. The first-order chi connectivity index (χ1) is 8.33. The molecule has 1 aliphatic heterocycles. The van der Waals surface area contributed by atoms with E-state index in [0.717, 1.165) is 17.9 Å². The Hall–Kier alpha value is -1.52. The number of phenolic OH excluding ortho intramolecular Hbond substituents is 1. The predicted octanol–water partition coefficient (Wildman–Crippen LogP) is 2.68. The van der Waals surface area contributed by atoms with Crippen molar-refractivity contribution < 1.29 is 9.84 Å². The average molecular weight is 247 g/mol. The molecular formula is C13H13NO2S. The summed E-state index contributed by atoms with van der Waals surface area (Å²) in [6.45, 7) is 1.47. The molecule has 0 bridgehead atoms. The standard InChI is InChI=1S/C13H13NO2S/c15-10-1-2-11-12(7-16-13(11)5-10)14-6-9-3-4-17-8-9/h1-5,8,12,14-15H,6-7H2. The van der Waals surface area contributed by atoms with Gasteiger partial charge in [-0.1, -0.05) is 0 Å². The van der Waals surface area contributed by atoms with Crippen molar-refractivity contribution in [1.82, 2.24) is 5.32 Å². The van der Waals surface area contributed by atoms with Gasteiger partial charge in [-0.3, -0.25) is 0 Å². The molecule has 1 unspecified atom stereocenters. The molecule has 1 aromatic carbocycles. The van der Waals surface area contributed by atoms with Crippen molar-refractivity contribution in [3.63, 3.8) is 0 Å². The second-order valence-electron chi connectivity index (χ2n) is 4.10. The van der Waals surface area contributed by atoms with E-state index in [1.165, 1.54) is 5.56 Å². The van der Waals surface area contributed by atoms with Gasteiger partial charge in [-0.25, -0.2) is 0 Å². The lowest BCUT2D eigenvalue weighted by atomic mass is 10.1. The highest BCUT2D eigenvalue weighted by atomic mass is 32.1. The molecule has 1 aliphatic rings. The fourth-order valence-corrected chi connectivity index (χ4v) is 2.67. The summed E-state index contributed by atoms with van der Waals surface area (Å²) in [4.78, 5) is 0. The van der Waals surface area contributed by atoms with E-state index >= 15 is 0 Å². The molecule has 0 saturated carbocycles. The predicted molar refractivity (Wildman–Crippen MR) is 67.5 cm³/mol. The second kappa shape index (κ2) is 4.39. The first-order valence-electron chi connectivity index (χ1n) is 5.53. The molecule has 0 radical (unpaired) electrons. The third kappa shape index (κ3) is 2.14. The van der Waals surface area contributed by atoms with E-state index in [1.807, 2.05) is 6.07 Å². The zero-order valence-corrected chi connectivity index (χ0v) is 10.0. The first-order valence-corrected chi connectivity index (χ1v) is 6.47. The first kappa shape index (κ1) is 10.6. The van der Waals surface area contributed by atoms with Crippen LogP contribution in [-0.2, 0) is 6.54 Å². The summed E-state index contributed by atoms with van der Waals surface area (Å²) in [5.41, 5.74) is 2.42. The molecule has 0 spiro atoms. The third-order valence-corrected chi connectivity index (χ3v) is 3.64. The molecule has 1 aromatic heterocycles. The number of phenols is 1. The van der Waals surface area contributed by atoms with Crippen LogP contribution in [0.4, 0.5) is 0 Å². The minimum Gasteiger partial charge on any atom is -0.508 e. The van der Waals surface area contributed by atoms with Gasteiger partial charge in [0.05, 0.1) is 6.04 Å². The van der Waals surface area contributed by atoms with Gasteiger partial charge in [-0.15, -0.1) is 0 Å². The number of nitrogens with one attached hydrogen (secondary N) is 1. The van der Waals surface area contributed by atoms with Gasteiger partial charge in [-0.2, -0.15) is 11.3 Å². The normalized spacial score (nSPS) is 17.8.